The number of ketones is 1. The van der Waals surface area contributed by atoms with Gasteiger partial charge >= 0.3 is 0 Å². The van der Waals surface area contributed by atoms with Gasteiger partial charge < -0.3 is 43.9 Å². The largest absolute Gasteiger partial charge is 0.488 e. The molecule has 58 heavy (non-hydrogen) atoms. The Balaban J connectivity index is 1.80. The van der Waals surface area contributed by atoms with Crippen molar-refractivity contribution < 1.29 is 43.8 Å². The molecule has 2 saturated heterocycles. The van der Waals surface area contributed by atoms with Gasteiger partial charge in [-0.05, 0) is 102 Å². The van der Waals surface area contributed by atoms with E-state index in [4.69, 9.17) is 23.7 Å². The third kappa shape index (κ3) is 10.8. The smallest absolute Gasteiger partial charge is 0.197 e. The number of fused-ring (bicyclic) bond motifs is 3. The Bertz CT molecular complexity index is 1520. The van der Waals surface area contributed by atoms with Crippen LogP contribution in [-0.4, -0.2) is 108 Å². The van der Waals surface area contributed by atoms with E-state index in [-0.39, 0.29) is 48.2 Å². The molecule has 328 valence electrons. The predicted molar refractivity (Wildman–Crippen MR) is 230 cm³/mol. The van der Waals surface area contributed by atoms with Crippen LogP contribution in [-0.2, 0) is 28.5 Å². The third-order valence-corrected chi connectivity index (χ3v) is 13.9. The second-order valence-corrected chi connectivity index (χ2v) is 18.3. The van der Waals surface area contributed by atoms with E-state index in [9.17, 15) is 20.1 Å². The van der Waals surface area contributed by atoms with Gasteiger partial charge in [0.1, 0.15) is 23.2 Å². The molecule has 14 atom stereocenters. The molecule has 10 heteroatoms. The van der Waals surface area contributed by atoms with E-state index in [1.165, 1.54) is 0 Å². The monoisotopic (exact) mass is 812 g/mol. The van der Waals surface area contributed by atoms with E-state index >= 15 is 0 Å². The van der Waals surface area contributed by atoms with Crippen LogP contribution in [0.5, 0.6) is 0 Å². The Hall–Kier alpha value is -2.57. The van der Waals surface area contributed by atoms with Crippen molar-refractivity contribution in [3.63, 3.8) is 0 Å². The van der Waals surface area contributed by atoms with Gasteiger partial charge in [0.05, 0.1) is 36.6 Å². The van der Waals surface area contributed by atoms with E-state index < -0.39 is 47.6 Å². The molecule has 0 aromatic heterocycles. The molecule has 3 fully saturated rings. The van der Waals surface area contributed by atoms with Crippen LogP contribution in [0.1, 0.15) is 112 Å². The quantitative estimate of drug-likeness (QED) is 0.218. The first-order valence-electron chi connectivity index (χ1n) is 21.7. The van der Waals surface area contributed by atoms with Crippen LogP contribution in [0, 0.1) is 29.6 Å². The number of aliphatic hydroxyl groups excluding tert-OH is 2. The van der Waals surface area contributed by atoms with Crippen molar-refractivity contribution in [2.75, 3.05) is 27.9 Å². The first-order valence-corrected chi connectivity index (χ1v) is 21.7. The summed E-state index contributed by atoms with van der Waals surface area (Å²) >= 11 is 0. The molecule has 4 aliphatic rings. The summed E-state index contributed by atoms with van der Waals surface area (Å²) in [4.78, 5) is 16.2. The van der Waals surface area contributed by atoms with Crippen LogP contribution in [0.15, 0.2) is 72.7 Å². The molecule has 4 rings (SSSR count). The van der Waals surface area contributed by atoms with Crippen LogP contribution < -0.4 is 0 Å². The number of Topliss-reactive ketones (excluding diaryl/α,β-unsaturated/α-hetero) is 1. The highest BCUT2D eigenvalue weighted by Gasteiger charge is 2.58. The zero-order valence-corrected chi connectivity index (χ0v) is 37.2. The number of piperidine rings is 1. The SMILES string of the molecule is C=CC[C@@H]1/C=C(\C)C[C@H](C)C[C@H](OC)[C@@]2(C)O[C@@](O)(C(=C)C(=C)N3CCCC[C@H]3C(=C)O[C@H](/C(C)=C/[C@@H]3CC[C@@H](O)[C@H](OC)C3)[C@H](C)[C@@H](O)CC1=O)[C@H](C)C[C@@H]2OC. The fourth-order valence-corrected chi connectivity index (χ4v) is 10.2. The Morgan fingerprint density at radius 3 is 2.28 bits per heavy atom. The van der Waals surface area contributed by atoms with Crippen molar-refractivity contribution in [3.8, 4) is 0 Å². The standard InChI is InChI=1S/C48H77NO9/c1-14-17-38-23-29(2)22-30(3)24-44(55-12)47(10)45(56-13)26-32(5)48(53,58-47)34(7)35(8)49-21-16-15-18-39(49)36(9)57-46(33(6)41(51)28-42(38)52)31(4)25-37-19-20-40(50)43(27-37)54-11/h14,23,25,30,32-33,37-41,43-46,50-51,53H,1,7-9,15-22,24,26-28H2,2-6,10-13H3/b29-23+,31-25+/t30-,32+,33+,37-,38+,39-,40+,41-,43+,44-,45-,46+,47+,48+/m0/s1. The summed E-state index contributed by atoms with van der Waals surface area (Å²) in [6.07, 6.45) is 9.72. The molecule has 1 saturated carbocycles. The summed E-state index contributed by atoms with van der Waals surface area (Å²) in [5, 5.41) is 35.0. The molecule has 10 nitrogen and oxygen atoms in total. The van der Waals surface area contributed by atoms with Gasteiger partial charge in [0.15, 0.2) is 5.79 Å². The average molecular weight is 812 g/mol. The van der Waals surface area contributed by atoms with Crippen molar-refractivity contribution in [1.82, 2.24) is 4.90 Å². The molecule has 0 aromatic rings. The molecule has 3 aliphatic heterocycles. The van der Waals surface area contributed by atoms with E-state index in [2.05, 4.69) is 44.2 Å². The van der Waals surface area contributed by atoms with Crippen LogP contribution >= 0.6 is 0 Å². The van der Waals surface area contributed by atoms with Crippen LogP contribution in [0.25, 0.3) is 0 Å². The first kappa shape index (κ1) is 48.1. The molecule has 0 unspecified atom stereocenters. The normalized spacial score (nSPS) is 41.8. The minimum Gasteiger partial charge on any atom is -0.488 e. The highest BCUT2D eigenvalue weighted by molar-refractivity contribution is 5.83. The summed E-state index contributed by atoms with van der Waals surface area (Å²) in [5.41, 5.74) is 1.87. The van der Waals surface area contributed by atoms with Crippen molar-refractivity contribution in [3.05, 3.63) is 72.7 Å². The maximum absolute atomic E-state index is 14.0. The Labute approximate surface area is 350 Å². The Kier molecular flexibility index (Phi) is 17.3. The van der Waals surface area contributed by atoms with Crippen molar-refractivity contribution in [2.45, 2.75) is 166 Å². The lowest BCUT2D eigenvalue weighted by atomic mass is 9.74. The summed E-state index contributed by atoms with van der Waals surface area (Å²) in [6, 6.07) is -0.297. The number of carbonyl (C=O) groups is 1. The molecule has 0 radical (unpaired) electrons. The minimum absolute atomic E-state index is 0.0389. The first-order chi connectivity index (χ1) is 27.3. The van der Waals surface area contributed by atoms with Gasteiger partial charge in [-0.15, -0.1) is 6.58 Å². The molecule has 1 aliphatic carbocycles. The summed E-state index contributed by atoms with van der Waals surface area (Å²) < 4.78 is 31.7. The second-order valence-electron chi connectivity index (χ2n) is 18.3. The number of methoxy groups -OCH3 is 3. The number of allylic oxidation sites excluding steroid dienone is 4. The number of ether oxygens (including phenoxy) is 5. The van der Waals surface area contributed by atoms with E-state index in [0.29, 0.717) is 62.1 Å². The predicted octanol–water partition coefficient (Wildman–Crippen LogP) is 7.99. The van der Waals surface area contributed by atoms with E-state index in [1.807, 2.05) is 40.7 Å². The Morgan fingerprint density at radius 2 is 1.64 bits per heavy atom. The average Bonchev–Trinajstić information content (AvgIpc) is 3.19. The van der Waals surface area contributed by atoms with Crippen LogP contribution in [0.4, 0.5) is 0 Å². The Morgan fingerprint density at radius 1 is 0.966 bits per heavy atom. The minimum atomic E-state index is -1.77. The van der Waals surface area contributed by atoms with Gasteiger partial charge in [-0.1, -0.05) is 64.3 Å². The van der Waals surface area contributed by atoms with Crippen LogP contribution in [0.2, 0.25) is 0 Å². The van der Waals surface area contributed by atoms with Gasteiger partial charge in [0.2, 0.25) is 0 Å². The molecule has 2 bridgehead atoms. The van der Waals surface area contributed by atoms with Crippen LogP contribution in [0.3, 0.4) is 0 Å². The number of rotatable bonds is 7. The maximum atomic E-state index is 14.0. The zero-order chi connectivity index (χ0) is 43.1. The number of aliphatic hydroxyl groups is 3. The lowest BCUT2D eigenvalue weighted by Crippen LogP contribution is -2.65. The number of hydrogen-bond acceptors (Lipinski definition) is 10. The van der Waals surface area contributed by atoms with Crippen molar-refractivity contribution in [2.24, 2.45) is 29.6 Å². The van der Waals surface area contributed by atoms with Crippen molar-refractivity contribution in [1.29, 1.82) is 0 Å². The fourth-order valence-electron chi connectivity index (χ4n) is 10.2. The topological polar surface area (TPSA) is 127 Å². The number of hydrogen-bond donors (Lipinski definition) is 3. The lowest BCUT2D eigenvalue weighted by Gasteiger charge is -2.55. The molecule has 3 heterocycles. The molecule has 0 aromatic carbocycles. The van der Waals surface area contributed by atoms with E-state index in [1.54, 1.807) is 27.4 Å². The second kappa shape index (κ2) is 20.8. The number of carbonyl (C=O) groups excluding carboxylic acids is 1. The molecule has 0 spiro atoms. The lowest BCUT2D eigenvalue weighted by molar-refractivity contribution is -0.341. The van der Waals surface area contributed by atoms with Crippen molar-refractivity contribution >= 4 is 5.78 Å². The highest BCUT2D eigenvalue weighted by atomic mass is 16.7. The number of nitrogens with zero attached hydrogens (tertiary/aromatic N) is 1. The maximum Gasteiger partial charge on any atom is 0.197 e. The highest BCUT2D eigenvalue weighted by Crippen LogP contribution is 2.48. The zero-order valence-electron chi connectivity index (χ0n) is 37.2. The van der Waals surface area contributed by atoms with Gasteiger partial charge in [0, 0.05) is 63.3 Å². The van der Waals surface area contributed by atoms with Gasteiger partial charge in [-0.25, -0.2) is 0 Å². The molecular weight excluding hydrogens is 735 g/mol. The molecule has 3 N–H and O–H groups in total. The fraction of sp³-hybridized carbons (Fsp3) is 0.729. The van der Waals surface area contributed by atoms with E-state index in [0.717, 1.165) is 36.8 Å². The summed E-state index contributed by atoms with van der Waals surface area (Å²) in [5.74, 6) is -2.33. The summed E-state index contributed by atoms with van der Waals surface area (Å²) in [6.45, 7) is 30.1. The molecular formula is C48H77NO9. The van der Waals surface area contributed by atoms with Gasteiger partial charge in [-0.2, -0.15) is 0 Å². The van der Waals surface area contributed by atoms with Gasteiger partial charge in [-0.3, -0.25) is 4.79 Å². The molecule has 0 amide bonds. The van der Waals surface area contributed by atoms with Gasteiger partial charge in [0.25, 0.3) is 0 Å². The third-order valence-electron chi connectivity index (χ3n) is 13.9. The summed E-state index contributed by atoms with van der Waals surface area (Å²) in [7, 11) is 4.97.